The van der Waals surface area contributed by atoms with Gasteiger partial charge in [0.25, 0.3) is 0 Å². The van der Waals surface area contributed by atoms with E-state index in [-0.39, 0.29) is 32.9 Å². The number of nitrogens with one attached hydrogen (secondary N) is 3. The van der Waals surface area contributed by atoms with Crippen LogP contribution in [0.4, 0.5) is 27.1 Å². The predicted octanol–water partition coefficient (Wildman–Crippen LogP) is 7.40. The molecule has 3 heterocycles. The van der Waals surface area contributed by atoms with Crippen molar-refractivity contribution in [2.24, 2.45) is 0 Å². The number of halogens is 4. The Hall–Kier alpha value is -4.43. The van der Waals surface area contributed by atoms with Crippen LogP contribution in [0.25, 0.3) is 10.9 Å². The summed E-state index contributed by atoms with van der Waals surface area (Å²) in [5, 5.41) is 27.8. The molecule has 0 unspecified atom stereocenters. The van der Waals surface area contributed by atoms with Gasteiger partial charge in [-0.3, -0.25) is 9.78 Å². The number of amides is 1. The zero-order valence-electron chi connectivity index (χ0n) is 21.6. The largest absolute Gasteiger partial charge is 0.373 e. The van der Waals surface area contributed by atoms with Crippen molar-refractivity contribution in [1.82, 2.24) is 20.4 Å². The second-order valence-corrected chi connectivity index (χ2v) is 10.8. The highest BCUT2D eigenvalue weighted by atomic mass is 35.5. The van der Waals surface area contributed by atoms with E-state index < -0.39 is 11.9 Å². The maximum Gasteiger partial charge on any atom is 0.227 e. The standard InChI is InChI=1S/C29H20Cl3FN8O/c30-20-6-7-22(26(33)25(20)32)38-27-16(12-34)13-35-29-19(27)10-17(11-21(29)31)37-28(23-14-36-40-39-23)15-3-1-4-18(9-15)41-8-2-5-24(41)42/h1,3-4,6-7,9-11,13-14,28,37H,2,5,8H2,(H,35,38)(H,36,39,40)/t28-/m0/s1. The first-order valence-corrected chi connectivity index (χ1v) is 13.9. The molecule has 1 fully saturated rings. The van der Waals surface area contributed by atoms with E-state index in [1.165, 1.54) is 18.3 Å². The molecule has 0 saturated carbocycles. The highest BCUT2D eigenvalue weighted by Gasteiger charge is 2.24. The van der Waals surface area contributed by atoms with Gasteiger partial charge in [-0.05, 0) is 48.4 Å². The van der Waals surface area contributed by atoms with E-state index in [1.807, 2.05) is 24.3 Å². The lowest BCUT2D eigenvalue weighted by atomic mass is 10.0. The number of benzene rings is 3. The lowest BCUT2D eigenvalue weighted by molar-refractivity contribution is -0.117. The molecule has 9 nitrogen and oxygen atoms in total. The number of carbonyl (C=O) groups is 1. The van der Waals surface area contributed by atoms with Gasteiger partial charge in [-0.2, -0.15) is 20.7 Å². The number of nitriles is 1. The number of aromatic amines is 1. The number of hydrogen-bond acceptors (Lipinski definition) is 7. The molecular formula is C29H20Cl3FN8O. The number of H-pyrrole nitrogens is 1. The van der Waals surface area contributed by atoms with Gasteiger partial charge in [0.2, 0.25) is 5.91 Å². The molecule has 42 heavy (non-hydrogen) atoms. The van der Waals surface area contributed by atoms with Gasteiger partial charge in [-0.25, -0.2) is 4.39 Å². The molecular weight excluding hydrogens is 602 g/mol. The van der Waals surface area contributed by atoms with Gasteiger partial charge in [0.15, 0.2) is 5.82 Å². The first kappa shape index (κ1) is 27.7. The van der Waals surface area contributed by atoms with Crippen molar-refractivity contribution in [3.8, 4) is 6.07 Å². The van der Waals surface area contributed by atoms with Crippen molar-refractivity contribution in [3.63, 3.8) is 0 Å². The SMILES string of the molecule is N#Cc1cnc2c(Cl)cc(N[C@@H](c3cccc(N4CCCC4=O)c3)c3cn[nH]n3)cc2c1Nc1ccc(Cl)c(Cl)c1F. The third kappa shape index (κ3) is 5.18. The quantitative estimate of drug-likeness (QED) is 0.162. The molecule has 0 spiro atoms. The average molecular weight is 622 g/mol. The number of carbonyl (C=O) groups excluding carboxylic acids is 1. The van der Waals surface area contributed by atoms with Gasteiger partial charge in [0.1, 0.15) is 11.8 Å². The smallest absolute Gasteiger partial charge is 0.227 e. The number of hydrogen-bond donors (Lipinski definition) is 3. The molecule has 3 N–H and O–H groups in total. The summed E-state index contributed by atoms with van der Waals surface area (Å²) in [7, 11) is 0. The topological polar surface area (TPSA) is 123 Å². The molecule has 1 atom stereocenters. The second-order valence-electron chi connectivity index (χ2n) is 9.58. The Bertz CT molecular complexity index is 1880. The van der Waals surface area contributed by atoms with Gasteiger partial charge in [-0.1, -0.05) is 46.9 Å². The zero-order valence-corrected chi connectivity index (χ0v) is 23.9. The lowest BCUT2D eigenvalue weighted by Gasteiger charge is -2.22. The van der Waals surface area contributed by atoms with Crippen molar-refractivity contribution in [2.75, 3.05) is 22.1 Å². The molecule has 0 bridgehead atoms. The lowest BCUT2D eigenvalue weighted by Crippen LogP contribution is -2.24. The van der Waals surface area contributed by atoms with E-state index in [9.17, 15) is 14.4 Å². The minimum Gasteiger partial charge on any atom is -0.373 e. The van der Waals surface area contributed by atoms with E-state index in [2.05, 4.69) is 37.1 Å². The number of pyridine rings is 1. The molecule has 1 aliphatic rings. The molecule has 210 valence electrons. The van der Waals surface area contributed by atoms with Crippen LogP contribution in [-0.4, -0.2) is 32.8 Å². The van der Waals surface area contributed by atoms with Crippen LogP contribution in [0.3, 0.4) is 0 Å². The van der Waals surface area contributed by atoms with Crippen molar-refractivity contribution in [1.29, 1.82) is 5.26 Å². The summed E-state index contributed by atoms with van der Waals surface area (Å²) in [6.45, 7) is 0.661. The zero-order chi connectivity index (χ0) is 29.4. The Balaban J connectivity index is 1.44. The maximum atomic E-state index is 15.0. The molecule has 1 amide bonds. The first-order chi connectivity index (χ1) is 20.3. The fourth-order valence-electron chi connectivity index (χ4n) is 4.96. The summed E-state index contributed by atoms with van der Waals surface area (Å²) in [6.07, 6.45) is 4.29. The fourth-order valence-corrected chi connectivity index (χ4v) is 5.54. The van der Waals surface area contributed by atoms with E-state index in [0.717, 1.165) is 17.7 Å². The normalized spacial score (nSPS) is 13.8. The van der Waals surface area contributed by atoms with Crippen molar-refractivity contribution in [2.45, 2.75) is 18.9 Å². The van der Waals surface area contributed by atoms with Crippen LogP contribution >= 0.6 is 34.8 Å². The van der Waals surface area contributed by atoms with Crippen molar-refractivity contribution < 1.29 is 9.18 Å². The summed E-state index contributed by atoms with van der Waals surface area (Å²) in [4.78, 5) is 18.5. The van der Waals surface area contributed by atoms with Crippen LogP contribution in [0.1, 0.15) is 35.7 Å². The molecule has 0 aliphatic carbocycles. The first-order valence-electron chi connectivity index (χ1n) is 12.8. The Kier molecular flexibility index (Phi) is 7.56. The van der Waals surface area contributed by atoms with E-state index in [1.54, 1.807) is 23.2 Å². The minimum atomic E-state index is -0.763. The molecule has 6 rings (SSSR count). The maximum absolute atomic E-state index is 15.0. The number of aromatic nitrogens is 4. The van der Waals surface area contributed by atoms with Crippen LogP contribution in [0.2, 0.25) is 15.1 Å². The van der Waals surface area contributed by atoms with Crippen LogP contribution in [0.15, 0.2) is 60.9 Å². The van der Waals surface area contributed by atoms with E-state index >= 15 is 0 Å². The number of fused-ring (bicyclic) bond motifs is 1. The Morgan fingerprint density at radius 3 is 2.69 bits per heavy atom. The summed E-state index contributed by atoms with van der Waals surface area (Å²) >= 11 is 18.7. The van der Waals surface area contributed by atoms with Gasteiger partial charge < -0.3 is 15.5 Å². The van der Waals surface area contributed by atoms with Crippen molar-refractivity contribution in [3.05, 3.63) is 98.6 Å². The Morgan fingerprint density at radius 2 is 1.95 bits per heavy atom. The molecule has 5 aromatic rings. The molecule has 0 radical (unpaired) electrons. The van der Waals surface area contributed by atoms with E-state index in [4.69, 9.17) is 34.8 Å². The predicted molar refractivity (Wildman–Crippen MR) is 161 cm³/mol. The van der Waals surface area contributed by atoms with Crippen LogP contribution < -0.4 is 15.5 Å². The van der Waals surface area contributed by atoms with Crippen molar-refractivity contribution >= 4 is 74.4 Å². The minimum absolute atomic E-state index is 0.0247. The van der Waals surface area contributed by atoms with Gasteiger partial charge in [-0.15, -0.1) is 0 Å². The summed E-state index contributed by atoms with van der Waals surface area (Å²) < 4.78 is 15.0. The number of anilines is 4. The molecule has 1 aliphatic heterocycles. The highest BCUT2D eigenvalue weighted by molar-refractivity contribution is 6.42. The Morgan fingerprint density at radius 1 is 1.10 bits per heavy atom. The second kappa shape index (κ2) is 11.4. The monoisotopic (exact) mass is 620 g/mol. The average Bonchev–Trinajstić information content (AvgIpc) is 3.68. The van der Waals surface area contributed by atoms with E-state index in [0.29, 0.717) is 40.3 Å². The molecule has 13 heteroatoms. The van der Waals surface area contributed by atoms with Gasteiger partial charge >= 0.3 is 0 Å². The van der Waals surface area contributed by atoms with Crippen LogP contribution in [0, 0.1) is 17.1 Å². The third-order valence-electron chi connectivity index (χ3n) is 6.97. The number of nitrogens with zero attached hydrogens (tertiary/aromatic N) is 5. The third-order valence-corrected chi connectivity index (χ3v) is 8.04. The molecule has 2 aromatic heterocycles. The molecule has 3 aromatic carbocycles. The summed E-state index contributed by atoms with van der Waals surface area (Å²) in [5.41, 5.74) is 3.66. The number of rotatable bonds is 7. The highest BCUT2D eigenvalue weighted by Crippen LogP contribution is 2.39. The summed E-state index contributed by atoms with van der Waals surface area (Å²) in [6, 6.07) is 15.6. The van der Waals surface area contributed by atoms with Gasteiger partial charge in [0, 0.05) is 35.9 Å². The van der Waals surface area contributed by atoms with Gasteiger partial charge in [0.05, 0.1) is 49.8 Å². The Labute approximate surface area is 254 Å². The summed E-state index contributed by atoms with van der Waals surface area (Å²) in [5.74, 6) is -0.681. The van der Waals surface area contributed by atoms with Crippen LogP contribution in [-0.2, 0) is 4.79 Å². The van der Waals surface area contributed by atoms with Crippen LogP contribution in [0.5, 0.6) is 0 Å². The molecule has 1 saturated heterocycles. The fraction of sp³-hybridized carbons (Fsp3) is 0.138.